The highest BCUT2D eigenvalue weighted by Crippen LogP contribution is 2.57. The lowest BCUT2D eigenvalue weighted by atomic mass is 9.67. The first-order chi connectivity index (χ1) is 23.7. The van der Waals surface area contributed by atoms with Gasteiger partial charge in [0.15, 0.2) is 24.8 Å². The van der Waals surface area contributed by atoms with Crippen LogP contribution in [-0.4, -0.2) is 38.9 Å². The number of rotatable bonds is 5. The summed E-state index contributed by atoms with van der Waals surface area (Å²) in [5.41, 5.74) is 0.141. The van der Waals surface area contributed by atoms with Crippen molar-refractivity contribution in [3.8, 4) is 34.1 Å². The van der Waals surface area contributed by atoms with Crippen LogP contribution >= 0.6 is 0 Å². The molecule has 7 rings (SSSR count). The lowest BCUT2D eigenvalue weighted by Gasteiger charge is -2.34. The van der Waals surface area contributed by atoms with Crippen molar-refractivity contribution >= 4 is 21.0 Å². The smallest absolute Gasteiger partial charge is 0.485 e. The maximum atomic E-state index is 10.7. The van der Waals surface area contributed by atoms with Gasteiger partial charge in [0, 0.05) is 0 Å². The molecule has 12 heteroatoms. The zero-order valence-corrected chi connectivity index (χ0v) is 27.4. The number of phenols is 4. The highest BCUT2D eigenvalue weighted by molar-refractivity contribution is 7.97. The normalized spacial score (nSPS) is 13.2. The first kappa shape index (κ1) is 34.4. The van der Waals surface area contributed by atoms with Crippen molar-refractivity contribution in [2.24, 2.45) is 0 Å². The predicted octanol–water partition coefficient (Wildman–Crippen LogP) is 8.02. The Morgan fingerprint density at radius 2 is 0.880 bits per heavy atom. The highest BCUT2D eigenvalue weighted by atomic mass is 32.2. The van der Waals surface area contributed by atoms with E-state index in [0.29, 0.717) is 0 Å². The molecule has 1 aliphatic rings. The number of hydrogen-bond acceptors (Lipinski definition) is 7. The minimum absolute atomic E-state index is 0.195. The summed E-state index contributed by atoms with van der Waals surface area (Å²) in [5, 5.41) is 40.5. The van der Waals surface area contributed by atoms with Crippen LogP contribution in [-0.2, 0) is 26.4 Å². The molecule has 0 aromatic heterocycles. The molecule has 7 nitrogen and oxygen atoms in total. The molecular weight excluding hydrogens is 690 g/mol. The van der Waals surface area contributed by atoms with E-state index in [9.17, 15) is 33.6 Å². The van der Waals surface area contributed by atoms with Gasteiger partial charge in [0.05, 0.1) is 16.3 Å². The average molecular weight is 717 g/mol. The summed E-state index contributed by atoms with van der Waals surface area (Å²) in [4.78, 5) is 3.16. The Morgan fingerprint density at radius 3 is 1.30 bits per heavy atom. The highest BCUT2D eigenvalue weighted by Gasteiger charge is 2.47. The molecule has 1 aliphatic carbocycles. The molecule has 4 N–H and O–H groups in total. The standard InChI is InChI=1S/C37H26O4S.CHF3O3S/c38-26-9-5-24(6-10-26)37(25-7-11-27(39)12-8-25)35-4-2-1-3-33(35)34-22-21-32(23-36(34)37)42(30-17-13-28(40)14-18-30)31-19-15-29(41)16-20-31;2-1(3,4)8(5,6)7/h1-23H,(H3-,38,39,40,41);(H,5,6,7). The van der Waals surface area contributed by atoms with Gasteiger partial charge in [-0.05, 0) is 124 Å². The fourth-order valence-corrected chi connectivity index (χ4v) is 8.24. The Morgan fingerprint density at radius 1 is 0.520 bits per heavy atom. The maximum absolute atomic E-state index is 10.7. The van der Waals surface area contributed by atoms with E-state index < -0.39 is 31.9 Å². The van der Waals surface area contributed by atoms with E-state index in [1.807, 2.05) is 48.5 Å². The van der Waals surface area contributed by atoms with Gasteiger partial charge in [-0.1, -0.05) is 48.5 Å². The Bertz CT molecular complexity index is 2160. The third kappa shape index (κ3) is 6.36. The van der Waals surface area contributed by atoms with Gasteiger partial charge in [-0.15, -0.1) is 0 Å². The Hall–Kier alpha value is -5.43. The second-order valence-electron chi connectivity index (χ2n) is 11.3. The zero-order valence-electron chi connectivity index (χ0n) is 25.7. The number of benzene rings is 6. The van der Waals surface area contributed by atoms with Crippen LogP contribution in [0.4, 0.5) is 13.2 Å². The molecule has 50 heavy (non-hydrogen) atoms. The number of phenolic OH excluding ortho intramolecular Hbond substituents is 4. The molecule has 0 saturated heterocycles. The molecule has 254 valence electrons. The van der Waals surface area contributed by atoms with Gasteiger partial charge in [0.1, 0.15) is 23.0 Å². The first-order valence-corrected chi connectivity index (χ1v) is 17.5. The summed E-state index contributed by atoms with van der Waals surface area (Å²) in [6.07, 6.45) is 0. The molecule has 0 spiro atoms. The fraction of sp³-hybridized carbons (Fsp3) is 0.0526. The summed E-state index contributed by atoms with van der Waals surface area (Å²) in [6.45, 7) is 0. The molecule has 0 heterocycles. The Balaban J connectivity index is 0.000000485. The molecule has 6 aromatic carbocycles. The van der Waals surface area contributed by atoms with E-state index in [0.717, 1.165) is 48.1 Å². The molecule has 0 atom stereocenters. The minimum atomic E-state index is -6.09. The van der Waals surface area contributed by atoms with E-state index in [4.69, 9.17) is 13.0 Å². The van der Waals surface area contributed by atoms with Crippen molar-refractivity contribution in [2.75, 3.05) is 0 Å². The van der Waals surface area contributed by atoms with Crippen molar-refractivity contribution in [3.05, 3.63) is 162 Å². The maximum Gasteiger partial charge on any atom is 0.485 e. The topological polar surface area (TPSA) is 138 Å². The van der Waals surface area contributed by atoms with Crippen LogP contribution in [0.2, 0.25) is 0 Å². The van der Waals surface area contributed by atoms with Gasteiger partial charge in [0.2, 0.25) is 0 Å². The minimum Gasteiger partial charge on any atom is -0.741 e. The molecule has 0 aliphatic heterocycles. The molecular formula is C38H27F3O7S2. The van der Waals surface area contributed by atoms with Crippen molar-refractivity contribution < 1.29 is 46.6 Å². The van der Waals surface area contributed by atoms with E-state index in [2.05, 4.69) is 42.5 Å². The summed E-state index contributed by atoms with van der Waals surface area (Å²) >= 11 is 0. The Labute approximate surface area is 288 Å². The summed E-state index contributed by atoms with van der Waals surface area (Å²) in [6, 6.07) is 44.4. The molecule has 0 unspecified atom stereocenters. The van der Waals surface area contributed by atoms with Crippen LogP contribution in [0.3, 0.4) is 0 Å². The van der Waals surface area contributed by atoms with Crippen LogP contribution < -0.4 is 0 Å². The number of alkyl halides is 3. The number of aromatic hydroxyl groups is 4. The van der Waals surface area contributed by atoms with E-state index >= 15 is 0 Å². The van der Waals surface area contributed by atoms with Gasteiger partial charge in [0.25, 0.3) is 0 Å². The van der Waals surface area contributed by atoms with Gasteiger partial charge in [-0.25, -0.2) is 8.42 Å². The van der Waals surface area contributed by atoms with Crippen molar-refractivity contribution in [3.63, 3.8) is 0 Å². The number of halogens is 3. The summed E-state index contributed by atoms with van der Waals surface area (Å²) in [5.74, 6) is 0.800. The SMILES string of the molecule is O=S(=O)([O-])C(F)(F)F.Oc1ccc([S+](c2ccc(O)cc2)c2ccc3c(c2)C(c2ccc(O)cc2)(c2ccc(O)cc2)c2ccccc2-3)cc1. The predicted molar refractivity (Wildman–Crippen MR) is 181 cm³/mol. The average Bonchev–Trinajstić information content (AvgIpc) is 3.37. The van der Waals surface area contributed by atoms with Crippen molar-refractivity contribution in [2.45, 2.75) is 25.6 Å². The largest absolute Gasteiger partial charge is 0.741 e. The number of hydrogen-bond donors (Lipinski definition) is 4. The Kier molecular flexibility index (Phi) is 9.04. The number of fused-ring (bicyclic) bond motifs is 3. The van der Waals surface area contributed by atoms with Gasteiger partial charge in [-0.2, -0.15) is 13.2 Å². The van der Waals surface area contributed by atoms with Crippen LogP contribution in [0.1, 0.15) is 22.3 Å². The lowest BCUT2D eigenvalue weighted by Crippen LogP contribution is -2.28. The summed E-state index contributed by atoms with van der Waals surface area (Å²) in [7, 11) is -6.63. The van der Waals surface area contributed by atoms with Gasteiger partial charge < -0.3 is 25.0 Å². The van der Waals surface area contributed by atoms with Crippen LogP contribution in [0.5, 0.6) is 23.0 Å². The van der Waals surface area contributed by atoms with E-state index in [1.165, 1.54) is 0 Å². The molecule has 0 bridgehead atoms. The second kappa shape index (κ2) is 13.1. The monoisotopic (exact) mass is 716 g/mol. The molecule has 6 aromatic rings. The van der Waals surface area contributed by atoms with E-state index in [-0.39, 0.29) is 23.0 Å². The van der Waals surface area contributed by atoms with Gasteiger partial charge in [-0.3, -0.25) is 0 Å². The fourth-order valence-electron chi connectivity index (χ4n) is 6.17. The third-order valence-corrected chi connectivity index (χ3v) is 11.1. The molecule has 0 saturated carbocycles. The van der Waals surface area contributed by atoms with Crippen LogP contribution in [0.15, 0.2) is 154 Å². The van der Waals surface area contributed by atoms with Crippen LogP contribution in [0.25, 0.3) is 11.1 Å². The molecule has 0 radical (unpaired) electrons. The second-order valence-corrected chi connectivity index (χ2v) is 14.7. The third-order valence-electron chi connectivity index (χ3n) is 8.28. The van der Waals surface area contributed by atoms with Gasteiger partial charge >= 0.3 is 5.51 Å². The molecule has 0 amide bonds. The first-order valence-electron chi connectivity index (χ1n) is 14.9. The van der Waals surface area contributed by atoms with Crippen molar-refractivity contribution in [1.29, 1.82) is 0 Å². The zero-order chi connectivity index (χ0) is 35.8. The summed E-state index contributed by atoms with van der Waals surface area (Å²) < 4.78 is 58.9. The van der Waals surface area contributed by atoms with Crippen molar-refractivity contribution in [1.82, 2.24) is 0 Å². The molecule has 0 fully saturated rings. The van der Waals surface area contributed by atoms with E-state index in [1.54, 1.807) is 48.5 Å². The van der Waals surface area contributed by atoms with Crippen LogP contribution in [0, 0.1) is 0 Å². The quantitative estimate of drug-likeness (QED) is 0.0804. The lowest BCUT2D eigenvalue weighted by molar-refractivity contribution is -0.0517.